The molecule has 1 aliphatic rings. The molecule has 2 amide bonds. The number of thiophene rings is 1. The zero-order chi connectivity index (χ0) is 15.5. The standard InChI is InChI=1S/C15H23N3O2S/c1-15(2,16)6-5-13(19)17-7-9-18(10-8-17)14(20)12-4-3-11-21-12/h3-4,11H,5-10,16H2,1-2H3. The van der Waals surface area contributed by atoms with Gasteiger partial charge in [-0.15, -0.1) is 11.3 Å². The summed E-state index contributed by atoms with van der Waals surface area (Å²) in [4.78, 5) is 28.8. The Bertz CT molecular complexity index is 486. The van der Waals surface area contributed by atoms with Crippen LogP contribution >= 0.6 is 11.3 Å². The van der Waals surface area contributed by atoms with Gasteiger partial charge in [-0.1, -0.05) is 6.07 Å². The van der Waals surface area contributed by atoms with E-state index in [1.807, 2.05) is 41.2 Å². The number of hydrogen-bond donors (Lipinski definition) is 1. The normalized spacial score (nSPS) is 16.1. The summed E-state index contributed by atoms with van der Waals surface area (Å²) in [6.07, 6.45) is 1.16. The average molecular weight is 309 g/mol. The van der Waals surface area contributed by atoms with Gasteiger partial charge < -0.3 is 15.5 Å². The molecule has 116 valence electrons. The fraction of sp³-hybridized carbons (Fsp3) is 0.600. The molecule has 2 heterocycles. The zero-order valence-electron chi connectivity index (χ0n) is 12.7. The van der Waals surface area contributed by atoms with Crippen LogP contribution in [0.5, 0.6) is 0 Å². The summed E-state index contributed by atoms with van der Waals surface area (Å²) in [7, 11) is 0. The molecular formula is C15H23N3O2S. The van der Waals surface area contributed by atoms with Crippen LogP contribution < -0.4 is 5.73 Å². The molecule has 2 N–H and O–H groups in total. The van der Waals surface area contributed by atoms with Crippen molar-refractivity contribution in [2.75, 3.05) is 26.2 Å². The molecule has 6 heteroatoms. The van der Waals surface area contributed by atoms with Gasteiger partial charge in [-0.05, 0) is 31.7 Å². The number of nitrogens with two attached hydrogens (primary N) is 1. The van der Waals surface area contributed by atoms with Crippen LogP contribution in [0.3, 0.4) is 0 Å². The third-order valence-corrected chi connectivity index (χ3v) is 4.49. The zero-order valence-corrected chi connectivity index (χ0v) is 13.5. The van der Waals surface area contributed by atoms with Crippen LogP contribution in [-0.4, -0.2) is 53.3 Å². The summed E-state index contributed by atoms with van der Waals surface area (Å²) >= 11 is 1.46. The lowest BCUT2D eigenvalue weighted by Gasteiger charge is -2.35. The van der Waals surface area contributed by atoms with Crippen molar-refractivity contribution < 1.29 is 9.59 Å². The molecule has 0 spiro atoms. The molecule has 0 unspecified atom stereocenters. The molecular weight excluding hydrogens is 286 g/mol. The number of amides is 2. The number of carbonyl (C=O) groups is 2. The largest absolute Gasteiger partial charge is 0.339 e. The first kappa shape index (κ1) is 16.0. The second-order valence-electron chi connectivity index (χ2n) is 6.14. The van der Waals surface area contributed by atoms with Crippen molar-refractivity contribution in [2.45, 2.75) is 32.2 Å². The lowest BCUT2D eigenvalue weighted by Crippen LogP contribution is -2.50. The molecule has 2 rings (SSSR count). The molecule has 0 radical (unpaired) electrons. The highest BCUT2D eigenvalue weighted by Gasteiger charge is 2.25. The van der Waals surface area contributed by atoms with Crippen molar-refractivity contribution >= 4 is 23.2 Å². The highest BCUT2D eigenvalue weighted by atomic mass is 32.1. The third-order valence-electron chi connectivity index (χ3n) is 3.63. The van der Waals surface area contributed by atoms with Gasteiger partial charge in [0, 0.05) is 38.1 Å². The molecule has 1 fully saturated rings. The van der Waals surface area contributed by atoms with E-state index < -0.39 is 0 Å². The molecule has 0 saturated carbocycles. The van der Waals surface area contributed by atoms with Gasteiger partial charge in [-0.3, -0.25) is 9.59 Å². The Morgan fingerprint density at radius 3 is 2.38 bits per heavy atom. The van der Waals surface area contributed by atoms with E-state index in [-0.39, 0.29) is 17.4 Å². The van der Waals surface area contributed by atoms with Crippen LogP contribution in [0, 0.1) is 0 Å². The van der Waals surface area contributed by atoms with Crippen molar-refractivity contribution in [1.82, 2.24) is 9.80 Å². The lowest BCUT2D eigenvalue weighted by atomic mass is 9.99. The van der Waals surface area contributed by atoms with Crippen LogP contribution in [0.15, 0.2) is 17.5 Å². The molecule has 0 atom stereocenters. The van der Waals surface area contributed by atoms with Crippen molar-refractivity contribution in [3.8, 4) is 0 Å². The van der Waals surface area contributed by atoms with Crippen molar-refractivity contribution in [3.05, 3.63) is 22.4 Å². The molecule has 0 aliphatic carbocycles. The Hall–Kier alpha value is -1.40. The lowest BCUT2D eigenvalue weighted by molar-refractivity contribution is -0.133. The molecule has 0 bridgehead atoms. The predicted octanol–water partition coefficient (Wildman–Crippen LogP) is 1.55. The van der Waals surface area contributed by atoms with Gasteiger partial charge in [0.25, 0.3) is 5.91 Å². The van der Waals surface area contributed by atoms with Gasteiger partial charge in [-0.2, -0.15) is 0 Å². The van der Waals surface area contributed by atoms with Crippen molar-refractivity contribution in [1.29, 1.82) is 0 Å². The number of carbonyl (C=O) groups excluding carboxylic acids is 2. The van der Waals surface area contributed by atoms with Gasteiger partial charge in [-0.25, -0.2) is 0 Å². The topological polar surface area (TPSA) is 66.6 Å². The van der Waals surface area contributed by atoms with Crippen molar-refractivity contribution in [2.24, 2.45) is 5.73 Å². The van der Waals surface area contributed by atoms with Gasteiger partial charge in [0.1, 0.15) is 0 Å². The Kier molecular flexibility index (Phi) is 5.00. The van der Waals surface area contributed by atoms with Crippen molar-refractivity contribution in [3.63, 3.8) is 0 Å². The summed E-state index contributed by atoms with van der Waals surface area (Å²) in [5.41, 5.74) is 5.59. The second kappa shape index (κ2) is 6.58. The Morgan fingerprint density at radius 2 is 1.86 bits per heavy atom. The summed E-state index contributed by atoms with van der Waals surface area (Å²) in [6.45, 7) is 6.29. The molecule has 5 nitrogen and oxygen atoms in total. The maximum absolute atomic E-state index is 12.2. The summed E-state index contributed by atoms with van der Waals surface area (Å²) < 4.78 is 0. The molecule has 21 heavy (non-hydrogen) atoms. The quantitative estimate of drug-likeness (QED) is 0.917. The van der Waals surface area contributed by atoms with Crippen LogP contribution in [0.2, 0.25) is 0 Å². The maximum Gasteiger partial charge on any atom is 0.264 e. The summed E-state index contributed by atoms with van der Waals surface area (Å²) in [6, 6.07) is 3.72. The van der Waals surface area contributed by atoms with E-state index in [9.17, 15) is 9.59 Å². The molecule has 0 aromatic carbocycles. The van der Waals surface area contributed by atoms with Crippen LogP contribution in [0.4, 0.5) is 0 Å². The predicted molar refractivity (Wildman–Crippen MR) is 84.3 cm³/mol. The average Bonchev–Trinajstić information content (AvgIpc) is 2.97. The Balaban J connectivity index is 1.80. The third kappa shape index (κ3) is 4.54. The molecule has 1 aromatic rings. The minimum Gasteiger partial charge on any atom is -0.339 e. The summed E-state index contributed by atoms with van der Waals surface area (Å²) in [5.74, 6) is 0.205. The smallest absolute Gasteiger partial charge is 0.264 e. The number of nitrogens with zero attached hydrogens (tertiary/aromatic N) is 2. The minimum atomic E-state index is -0.313. The first-order valence-electron chi connectivity index (χ1n) is 7.26. The van der Waals surface area contributed by atoms with E-state index in [2.05, 4.69) is 0 Å². The molecule has 1 aliphatic heterocycles. The van der Waals surface area contributed by atoms with E-state index >= 15 is 0 Å². The second-order valence-corrected chi connectivity index (χ2v) is 7.09. The van der Waals surface area contributed by atoms with Gasteiger partial charge in [0.15, 0.2) is 0 Å². The van der Waals surface area contributed by atoms with Crippen LogP contribution in [0.25, 0.3) is 0 Å². The van der Waals surface area contributed by atoms with Crippen LogP contribution in [-0.2, 0) is 4.79 Å². The Labute approximate surface area is 129 Å². The van der Waals surface area contributed by atoms with Gasteiger partial charge in [0.2, 0.25) is 5.91 Å². The molecule has 1 saturated heterocycles. The summed E-state index contributed by atoms with van der Waals surface area (Å²) in [5, 5.41) is 1.90. The fourth-order valence-corrected chi connectivity index (χ4v) is 2.99. The van der Waals surface area contributed by atoms with E-state index in [0.29, 0.717) is 39.0 Å². The number of hydrogen-bond acceptors (Lipinski definition) is 4. The van der Waals surface area contributed by atoms with E-state index in [0.717, 1.165) is 4.88 Å². The SMILES string of the molecule is CC(C)(N)CCC(=O)N1CCN(C(=O)c2cccs2)CC1. The number of piperazine rings is 1. The highest BCUT2D eigenvalue weighted by Crippen LogP contribution is 2.15. The van der Waals surface area contributed by atoms with Gasteiger partial charge >= 0.3 is 0 Å². The first-order valence-corrected chi connectivity index (χ1v) is 8.14. The first-order chi connectivity index (χ1) is 9.87. The van der Waals surface area contributed by atoms with Crippen LogP contribution in [0.1, 0.15) is 36.4 Å². The van der Waals surface area contributed by atoms with Gasteiger partial charge in [0.05, 0.1) is 4.88 Å². The van der Waals surface area contributed by atoms with E-state index in [4.69, 9.17) is 5.73 Å². The van der Waals surface area contributed by atoms with E-state index in [1.54, 1.807) is 0 Å². The maximum atomic E-state index is 12.2. The molecule has 1 aromatic heterocycles. The monoisotopic (exact) mass is 309 g/mol. The fourth-order valence-electron chi connectivity index (χ4n) is 2.30. The van der Waals surface area contributed by atoms with E-state index in [1.165, 1.54) is 11.3 Å². The number of rotatable bonds is 4. The Morgan fingerprint density at radius 1 is 1.24 bits per heavy atom. The highest BCUT2D eigenvalue weighted by molar-refractivity contribution is 7.12. The minimum absolute atomic E-state index is 0.0696.